The molecular weight excluding hydrogens is 306 g/mol. The quantitative estimate of drug-likeness (QED) is 0.840. The van der Waals surface area contributed by atoms with E-state index in [9.17, 15) is 31.1 Å². The van der Waals surface area contributed by atoms with Gasteiger partial charge in [0.1, 0.15) is 0 Å². The zero-order valence-electron chi connectivity index (χ0n) is 10.3. The number of carboxylic acid groups (broad SMARTS) is 1. The van der Waals surface area contributed by atoms with Crippen LogP contribution in [0, 0.1) is 0 Å². The molecule has 0 aliphatic carbocycles. The molecule has 1 rings (SSSR count). The molecule has 0 atom stereocenters. The number of aliphatic hydroxyl groups is 1. The van der Waals surface area contributed by atoms with Crippen LogP contribution in [0.2, 0.25) is 0 Å². The Hall–Kier alpha value is -1.77. The Morgan fingerprint density at radius 2 is 1.38 bits per heavy atom. The maximum Gasteiger partial charge on any atom is 0.430 e. The SMILES string of the molecule is O=C(O)CCc1ccc(C(O)(C(F)(F)F)C(F)(F)F)cc1. The van der Waals surface area contributed by atoms with E-state index in [0.717, 1.165) is 12.1 Å². The van der Waals surface area contributed by atoms with Crippen molar-refractivity contribution in [2.24, 2.45) is 0 Å². The number of hydrogen-bond donors (Lipinski definition) is 2. The van der Waals surface area contributed by atoms with E-state index < -0.39 is 29.5 Å². The first-order chi connectivity index (χ1) is 9.39. The molecule has 0 unspecified atom stereocenters. The number of carbonyl (C=O) groups is 1. The van der Waals surface area contributed by atoms with E-state index in [1.165, 1.54) is 0 Å². The standard InChI is InChI=1S/C12H10F6O3/c13-11(14,15)10(21,12(16,17)18)8-4-1-7(2-5-8)3-6-9(19)20/h1-2,4-5,21H,3,6H2,(H,19,20). The molecule has 0 radical (unpaired) electrons. The topological polar surface area (TPSA) is 57.5 Å². The average Bonchev–Trinajstić information content (AvgIpc) is 2.33. The molecule has 0 spiro atoms. The van der Waals surface area contributed by atoms with Gasteiger partial charge in [-0.05, 0) is 12.0 Å². The molecule has 0 fully saturated rings. The van der Waals surface area contributed by atoms with Crippen LogP contribution in [-0.2, 0) is 16.8 Å². The van der Waals surface area contributed by atoms with E-state index in [2.05, 4.69) is 0 Å². The summed E-state index contributed by atoms with van der Waals surface area (Å²) in [6, 6.07) is 2.80. The predicted molar refractivity (Wildman–Crippen MR) is 58.4 cm³/mol. The Labute approximate surface area is 114 Å². The monoisotopic (exact) mass is 316 g/mol. The molecule has 2 N–H and O–H groups in total. The number of carboxylic acids is 1. The van der Waals surface area contributed by atoms with Gasteiger partial charge in [-0.15, -0.1) is 0 Å². The molecule has 1 aromatic rings. The van der Waals surface area contributed by atoms with Crippen molar-refractivity contribution in [3.05, 3.63) is 35.4 Å². The fourth-order valence-corrected chi connectivity index (χ4v) is 1.65. The lowest BCUT2D eigenvalue weighted by atomic mass is 9.91. The third-order valence-corrected chi connectivity index (χ3v) is 2.82. The molecule has 0 saturated heterocycles. The Morgan fingerprint density at radius 1 is 0.952 bits per heavy atom. The van der Waals surface area contributed by atoms with Gasteiger partial charge >= 0.3 is 18.3 Å². The first-order valence-electron chi connectivity index (χ1n) is 5.56. The number of alkyl halides is 6. The van der Waals surface area contributed by atoms with Crippen molar-refractivity contribution >= 4 is 5.97 Å². The lowest BCUT2D eigenvalue weighted by Gasteiger charge is -2.32. The summed E-state index contributed by atoms with van der Waals surface area (Å²) in [4.78, 5) is 10.3. The van der Waals surface area contributed by atoms with Gasteiger partial charge in [-0.25, -0.2) is 0 Å². The van der Waals surface area contributed by atoms with E-state index >= 15 is 0 Å². The molecule has 0 aliphatic rings. The summed E-state index contributed by atoms with van der Waals surface area (Å²) in [6.45, 7) is 0. The van der Waals surface area contributed by atoms with Crippen LogP contribution in [0.1, 0.15) is 17.5 Å². The van der Waals surface area contributed by atoms with E-state index in [-0.39, 0.29) is 18.4 Å². The fourth-order valence-electron chi connectivity index (χ4n) is 1.65. The molecule has 0 heterocycles. The van der Waals surface area contributed by atoms with Crippen LogP contribution in [0.3, 0.4) is 0 Å². The second-order valence-corrected chi connectivity index (χ2v) is 4.30. The summed E-state index contributed by atoms with van der Waals surface area (Å²) >= 11 is 0. The highest BCUT2D eigenvalue weighted by Gasteiger charge is 2.71. The van der Waals surface area contributed by atoms with Crippen molar-refractivity contribution < 1.29 is 41.4 Å². The van der Waals surface area contributed by atoms with Gasteiger partial charge in [0.25, 0.3) is 5.60 Å². The van der Waals surface area contributed by atoms with E-state index in [1.807, 2.05) is 0 Å². The first kappa shape index (κ1) is 17.3. The third kappa shape index (κ3) is 3.46. The molecule has 21 heavy (non-hydrogen) atoms. The number of rotatable bonds is 4. The predicted octanol–water partition coefficient (Wildman–Crippen LogP) is 3.02. The number of aryl methyl sites for hydroxylation is 1. The summed E-state index contributed by atoms with van der Waals surface area (Å²) in [5.74, 6) is -1.15. The third-order valence-electron chi connectivity index (χ3n) is 2.82. The Morgan fingerprint density at radius 3 is 1.71 bits per heavy atom. The van der Waals surface area contributed by atoms with E-state index in [1.54, 1.807) is 0 Å². The lowest BCUT2D eigenvalue weighted by molar-refractivity contribution is -0.376. The van der Waals surface area contributed by atoms with Crippen molar-refractivity contribution in [3.8, 4) is 0 Å². The molecule has 3 nitrogen and oxygen atoms in total. The Bertz CT molecular complexity index is 489. The van der Waals surface area contributed by atoms with E-state index in [4.69, 9.17) is 10.2 Å². The highest BCUT2D eigenvalue weighted by Crippen LogP contribution is 2.49. The van der Waals surface area contributed by atoms with Crippen LogP contribution >= 0.6 is 0 Å². The van der Waals surface area contributed by atoms with Gasteiger partial charge in [0.15, 0.2) is 0 Å². The van der Waals surface area contributed by atoms with E-state index in [0.29, 0.717) is 12.1 Å². The summed E-state index contributed by atoms with van der Waals surface area (Å²) in [5, 5.41) is 17.6. The molecule has 1 aromatic carbocycles. The Balaban J connectivity index is 3.15. The van der Waals surface area contributed by atoms with Gasteiger partial charge in [-0.3, -0.25) is 4.79 Å². The zero-order chi connectivity index (χ0) is 16.5. The summed E-state index contributed by atoms with van der Waals surface area (Å²) in [6.07, 6.45) is -12.2. The molecule has 0 aromatic heterocycles. The van der Waals surface area contributed by atoms with Crippen molar-refractivity contribution in [2.75, 3.05) is 0 Å². The number of halogens is 6. The second-order valence-electron chi connectivity index (χ2n) is 4.30. The highest BCUT2D eigenvalue weighted by molar-refractivity contribution is 5.67. The average molecular weight is 316 g/mol. The summed E-state index contributed by atoms with van der Waals surface area (Å²) in [5.41, 5.74) is -6.10. The number of benzene rings is 1. The van der Waals surface area contributed by atoms with Crippen LogP contribution in [0.25, 0.3) is 0 Å². The normalized spacial score (nSPS) is 13.3. The highest BCUT2D eigenvalue weighted by atomic mass is 19.4. The zero-order valence-corrected chi connectivity index (χ0v) is 10.3. The smallest absolute Gasteiger partial charge is 0.430 e. The molecular formula is C12H10F6O3. The number of hydrogen-bond acceptors (Lipinski definition) is 2. The van der Waals surface area contributed by atoms with Gasteiger partial charge in [0.05, 0.1) is 0 Å². The van der Waals surface area contributed by atoms with Crippen molar-refractivity contribution in [3.63, 3.8) is 0 Å². The molecule has 0 saturated carbocycles. The molecule has 0 aliphatic heterocycles. The molecule has 0 bridgehead atoms. The largest absolute Gasteiger partial charge is 0.481 e. The van der Waals surface area contributed by atoms with Crippen LogP contribution in [-0.4, -0.2) is 28.5 Å². The minimum absolute atomic E-state index is 0.0495. The molecule has 118 valence electrons. The van der Waals surface area contributed by atoms with Crippen LogP contribution in [0.15, 0.2) is 24.3 Å². The van der Waals surface area contributed by atoms with Gasteiger partial charge in [0.2, 0.25) is 0 Å². The fraction of sp³-hybridized carbons (Fsp3) is 0.417. The van der Waals surface area contributed by atoms with Gasteiger partial charge in [-0.2, -0.15) is 26.3 Å². The number of aliphatic carboxylic acids is 1. The van der Waals surface area contributed by atoms with Crippen molar-refractivity contribution in [1.29, 1.82) is 0 Å². The van der Waals surface area contributed by atoms with Crippen LogP contribution in [0.4, 0.5) is 26.3 Å². The second kappa shape index (κ2) is 5.55. The minimum atomic E-state index is -5.94. The maximum absolute atomic E-state index is 12.6. The lowest BCUT2D eigenvalue weighted by Crippen LogP contribution is -2.53. The molecule has 0 amide bonds. The van der Waals surface area contributed by atoms with Crippen LogP contribution in [0.5, 0.6) is 0 Å². The van der Waals surface area contributed by atoms with Crippen molar-refractivity contribution in [1.82, 2.24) is 0 Å². The van der Waals surface area contributed by atoms with Crippen LogP contribution < -0.4 is 0 Å². The van der Waals surface area contributed by atoms with Crippen molar-refractivity contribution in [2.45, 2.75) is 30.8 Å². The Kier molecular flexibility index (Phi) is 4.57. The summed E-state index contributed by atoms with van der Waals surface area (Å²) in [7, 11) is 0. The summed E-state index contributed by atoms with van der Waals surface area (Å²) < 4.78 is 75.6. The van der Waals surface area contributed by atoms with Gasteiger partial charge in [0, 0.05) is 12.0 Å². The minimum Gasteiger partial charge on any atom is -0.481 e. The van der Waals surface area contributed by atoms with Gasteiger partial charge < -0.3 is 10.2 Å². The van der Waals surface area contributed by atoms with Gasteiger partial charge in [-0.1, -0.05) is 24.3 Å². The first-order valence-corrected chi connectivity index (χ1v) is 5.56. The molecule has 9 heteroatoms. The maximum atomic E-state index is 12.6.